The number of phenolic OH excluding ortho intramolecular Hbond substituents is 1. The monoisotopic (exact) mass is 949 g/mol. The highest BCUT2D eigenvalue weighted by molar-refractivity contribution is 5.99. The SMILES string of the molecule is CC(C)C[C@@H](NC(=O)[C@H](Cc1ccccc1)NC(=O)CNC(=O)[C@@H](C)NC(=O)[C@H](Cc1ccc(O)cc1)NC(=O)[C@@H]1CCCN1C(=O)c1ccc[n+](C)c1)C(=O)OCCC12CC3CC(CC(C3)C1)C2. The van der Waals surface area contributed by atoms with Gasteiger partial charge in [0.15, 0.2) is 12.4 Å². The van der Waals surface area contributed by atoms with Crippen LogP contribution >= 0.6 is 0 Å². The maximum absolute atomic E-state index is 14.0. The van der Waals surface area contributed by atoms with Gasteiger partial charge < -0.3 is 41.3 Å². The number of aromatic hydroxyl groups is 1. The van der Waals surface area contributed by atoms with E-state index in [1.54, 1.807) is 48.3 Å². The number of amides is 6. The van der Waals surface area contributed by atoms with Crippen molar-refractivity contribution >= 4 is 41.4 Å². The normalized spacial score (nSPS) is 23.0. The van der Waals surface area contributed by atoms with Crippen molar-refractivity contribution in [3.8, 4) is 5.75 Å². The zero-order chi connectivity index (χ0) is 49.2. The number of hydrogen-bond acceptors (Lipinski definition) is 9. The molecule has 2 heterocycles. The van der Waals surface area contributed by atoms with E-state index in [-0.39, 0.29) is 35.8 Å². The van der Waals surface area contributed by atoms with Crippen LogP contribution in [0.3, 0.4) is 0 Å². The third-order valence-corrected chi connectivity index (χ3v) is 14.5. The maximum Gasteiger partial charge on any atom is 0.328 e. The van der Waals surface area contributed by atoms with Gasteiger partial charge in [0.05, 0.1) is 13.2 Å². The zero-order valence-corrected chi connectivity index (χ0v) is 40.4. The highest BCUT2D eigenvalue weighted by Gasteiger charge is 2.50. The molecular formula is C53H70N7O9+. The highest BCUT2D eigenvalue weighted by atomic mass is 16.5. The number of phenols is 1. The van der Waals surface area contributed by atoms with Crippen molar-refractivity contribution in [1.29, 1.82) is 0 Å². The molecule has 1 saturated heterocycles. The Bertz CT molecular complexity index is 2290. The molecule has 5 aliphatic rings. The van der Waals surface area contributed by atoms with E-state index in [1.165, 1.54) is 62.5 Å². The van der Waals surface area contributed by atoms with Gasteiger partial charge >= 0.3 is 5.97 Å². The van der Waals surface area contributed by atoms with E-state index in [9.17, 15) is 38.7 Å². The Morgan fingerprint density at radius 2 is 1.38 bits per heavy atom. The van der Waals surface area contributed by atoms with Gasteiger partial charge in [0.2, 0.25) is 29.5 Å². The van der Waals surface area contributed by atoms with Gasteiger partial charge in [0, 0.05) is 25.5 Å². The molecule has 5 atom stereocenters. The van der Waals surface area contributed by atoms with Crippen LogP contribution in [-0.4, -0.2) is 101 Å². The Morgan fingerprint density at radius 1 is 0.754 bits per heavy atom. The summed E-state index contributed by atoms with van der Waals surface area (Å²) in [6.07, 6.45) is 13.4. The van der Waals surface area contributed by atoms with Crippen molar-refractivity contribution in [2.24, 2.45) is 36.1 Å². The Kier molecular flexibility index (Phi) is 16.7. The van der Waals surface area contributed by atoms with E-state index in [4.69, 9.17) is 4.74 Å². The van der Waals surface area contributed by atoms with Crippen LogP contribution in [0.25, 0.3) is 0 Å². The Balaban J connectivity index is 0.942. The second-order valence-electron chi connectivity index (χ2n) is 20.6. The van der Waals surface area contributed by atoms with Gasteiger partial charge in [0.25, 0.3) is 5.91 Å². The summed E-state index contributed by atoms with van der Waals surface area (Å²) in [4.78, 5) is 97.2. The van der Waals surface area contributed by atoms with E-state index in [1.807, 2.05) is 44.2 Å². The van der Waals surface area contributed by atoms with Crippen molar-refractivity contribution < 1.29 is 48.0 Å². The lowest BCUT2D eigenvalue weighted by molar-refractivity contribution is -0.671. The number of hydrogen-bond donors (Lipinski definition) is 6. The second kappa shape index (κ2) is 22.9. The molecule has 5 fully saturated rings. The molecule has 16 heteroatoms. The zero-order valence-electron chi connectivity index (χ0n) is 40.4. The van der Waals surface area contributed by atoms with Gasteiger partial charge in [-0.2, -0.15) is 0 Å². The fraction of sp³-hybridized carbons (Fsp3) is 0.547. The third-order valence-electron chi connectivity index (χ3n) is 14.5. The molecule has 2 aromatic carbocycles. The van der Waals surface area contributed by atoms with Gasteiger partial charge in [-0.3, -0.25) is 28.8 Å². The van der Waals surface area contributed by atoms with Crippen molar-refractivity contribution in [2.75, 3.05) is 19.7 Å². The molecule has 4 bridgehead atoms. The number of carbonyl (C=O) groups excluding carboxylic acids is 7. The van der Waals surface area contributed by atoms with Gasteiger partial charge in [-0.1, -0.05) is 56.3 Å². The molecule has 4 aliphatic carbocycles. The molecule has 0 unspecified atom stereocenters. The van der Waals surface area contributed by atoms with E-state index in [2.05, 4.69) is 26.6 Å². The first-order valence-electron chi connectivity index (χ1n) is 24.8. The summed E-state index contributed by atoms with van der Waals surface area (Å²) in [5.74, 6) is -1.51. The molecule has 16 nitrogen and oxygen atoms in total. The topological polar surface area (TPSA) is 216 Å². The van der Waals surface area contributed by atoms with E-state index in [0.717, 1.165) is 29.7 Å². The molecule has 6 amide bonds. The molecular weight excluding hydrogens is 879 g/mol. The summed E-state index contributed by atoms with van der Waals surface area (Å²) in [6.45, 7) is 5.50. The number of rotatable bonds is 21. The number of carbonyl (C=O) groups is 7. The summed E-state index contributed by atoms with van der Waals surface area (Å²) >= 11 is 0. The summed E-state index contributed by atoms with van der Waals surface area (Å²) in [6, 6.07) is 13.5. The minimum absolute atomic E-state index is 0.00619. The first-order valence-corrected chi connectivity index (χ1v) is 24.8. The van der Waals surface area contributed by atoms with Crippen molar-refractivity contribution in [3.63, 3.8) is 0 Å². The summed E-state index contributed by atoms with van der Waals surface area (Å²) < 4.78 is 7.64. The third kappa shape index (κ3) is 13.7. The first-order chi connectivity index (χ1) is 33.0. The van der Waals surface area contributed by atoms with Crippen molar-refractivity contribution in [3.05, 3.63) is 95.8 Å². The average Bonchev–Trinajstić information content (AvgIpc) is 3.81. The predicted molar refractivity (Wildman–Crippen MR) is 256 cm³/mol. The van der Waals surface area contributed by atoms with Crippen LogP contribution in [0.2, 0.25) is 0 Å². The van der Waals surface area contributed by atoms with E-state index >= 15 is 0 Å². The molecule has 1 aliphatic heterocycles. The van der Waals surface area contributed by atoms with Crippen LogP contribution < -0.4 is 31.2 Å². The molecule has 6 N–H and O–H groups in total. The number of benzene rings is 2. The van der Waals surface area contributed by atoms with Crippen LogP contribution in [0, 0.1) is 29.1 Å². The number of aromatic nitrogens is 1. The summed E-state index contributed by atoms with van der Waals surface area (Å²) in [5.41, 5.74) is 2.05. The molecule has 0 spiro atoms. The average molecular weight is 949 g/mol. The molecule has 8 rings (SSSR count). The second-order valence-corrected chi connectivity index (χ2v) is 20.6. The van der Waals surface area contributed by atoms with Gasteiger partial charge in [-0.25, -0.2) is 9.36 Å². The Morgan fingerprint density at radius 3 is 2.01 bits per heavy atom. The van der Waals surface area contributed by atoms with Crippen LogP contribution in [0.4, 0.5) is 0 Å². The van der Waals surface area contributed by atoms with Gasteiger partial charge in [0.1, 0.15) is 48.6 Å². The number of nitrogens with one attached hydrogen (secondary N) is 5. The minimum Gasteiger partial charge on any atom is -0.508 e. The lowest BCUT2D eigenvalue weighted by Crippen LogP contribution is -2.57. The Labute approximate surface area is 405 Å². The molecule has 4 saturated carbocycles. The van der Waals surface area contributed by atoms with E-state index < -0.39 is 72.3 Å². The summed E-state index contributed by atoms with van der Waals surface area (Å²) in [5, 5.41) is 23.5. The van der Waals surface area contributed by atoms with Crippen molar-refractivity contribution in [1.82, 2.24) is 31.5 Å². The van der Waals surface area contributed by atoms with Gasteiger partial charge in [-0.05, 0) is 130 Å². The standard InChI is InChI=1S/C53H69N7O9/c1-33(2)22-44(52(68)69-21-18-53-28-37-23-38(29-53)25-39(24-37)30-53)58-49(65)42(26-35-10-6-5-7-11-35)56-46(62)31-54-47(63)34(3)55-48(64)43(27-36-14-16-41(61)17-15-36)57-50(66)45-13-9-20-60(45)51(67)40-12-8-19-59(4)32-40/h5-8,10-12,14-17,19,32-34,37-39,42-45H,9,13,18,20-31H2,1-4H3,(H5-,54,55,56,57,58,61,62,63,64,65,66)/p+1/t34-,37?,38?,39?,42+,43+,44-,45+,53?/m1/s1. The van der Waals surface area contributed by atoms with Gasteiger partial charge in [-0.15, -0.1) is 0 Å². The van der Waals surface area contributed by atoms with Crippen LogP contribution in [0.1, 0.15) is 106 Å². The number of aryl methyl sites for hydroxylation is 1. The Hall–Kier alpha value is -6.32. The minimum atomic E-state index is -1.18. The molecule has 3 aromatic rings. The number of ether oxygens (including phenoxy) is 1. The first kappa shape index (κ1) is 50.6. The fourth-order valence-electron chi connectivity index (χ4n) is 11.5. The summed E-state index contributed by atoms with van der Waals surface area (Å²) in [7, 11) is 1.80. The lowest BCUT2D eigenvalue weighted by atomic mass is 9.49. The number of likely N-dealkylation sites (tertiary alicyclic amines) is 1. The van der Waals surface area contributed by atoms with Crippen molar-refractivity contribution in [2.45, 2.75) is 128 Å². The van der Waals surface area contributed by atoms with Crippen LogP contribution in [0.5, 0.6) is 5.75 Å². The fourth-order valence-corrected chi connectivity index (χ4v) is 11.5. The highest BCUT2D eigenvalue weighted by Crippen LogP contribution is 2.61. The predicted octanol–water partition coefficient (Wildman–Crippen LogP) is 3.58. The molecule has 370 valence electrons. The number of esters is 1. The number of pyridine rings is 1. The quantitative estimate of drug-likeness (QED) is 0.0679. The maximum atomic E-state index is 14.0. The van der Waals surface area contributed by atoms with Crippen LogP contribution in [0.15, 0.2) is 79.1 Å². The molecule has 69 heavy (non-hydrogen) atoms. The lowest BCUT2D eigenvalue weighted by Gasteiger charge is -2.57. The molecule has 0 radical (unpaired) electrons. The smallest absolute Gasteiger partial charge is 0.328 e. The largest absolute Gasteiger partial charge is 0.508 e. The van der Waals surface area contributed by atoms with E-state index in [0.29, 0.717) is 43.5 Å². The molecule has 1 aromatic heterocycles. The number of nitrogens with zero attached hydrogens (tertiary/aromatic N) is 2. The van der Waals surface area contributed by atoms with Crippen LogP contribution in [-0.2, 0) is 53.4 Å².